The summed E-state index contributed by atoms with van der Waals surface area (Å²) in [4.78, 5) is 26.6. The molecule has 2 N–H and O–H groups in total. The largest absolute Gasteiger partial charge is 0.379 e. The van der Waals surface area contributed by atoms with Crippen molar-refractivity contribution in [1.82, 2.24) is 20.4 Å². The molecule has 7 nitrogen and oxygen atoms in total. The van der Waals surface area contributed by atoms with Crippen LogP contribution >= 0.6 is 0 Å². The van der Waals surface area contributed by atoms with Gasteiger partial charge in [0.25, 0.3) is 11.5 Å². The first-order chi connectivity index (χ1) is 11.6. The van der Waals surface area contributed by atoms with E-state index in [2.05, 4.69) is 20.4 Å². The van der Waals surface area contributed by atoms with Crippen molar-refractivity contribution in [2.75, 3.05) is 26.3 Å². The van der Waals surface area contributed by atoms with Gasteiger partial charge in [0.15, 0.2) is 0 Å². The quantitative estimate of drug-likeness (QED) is 0.869. The fraction of sp³-hybridized carbons (Fsp3) is 0.353. The van der Waals surface area contributed by atoms with Crippen LogP contribution in [0.5, 0.6) is 0 Å². The third-order valence-electron chi connectivity index (χ3n) is 4.05. The zero-order chi connectivity index (χ0) is 16.9. The fourth-order valence-corrected chi connectivity index (χ4v) is 2.65. The lowest BCUT2D eigenvalue weighted by Crippen LogP contribution is -2.51. The number of benzene rings is 1. The second-order valence-corrected chi connectivity index (χ2v) is 5.66. The number of nitrogens with one attached hydrogen (secondary N) is 2. The number of amides is 1. The van der Waals surface area contributed by atoms with Crippen LogP contribution in [0.2, 0.25) is 0 Å². The van der Waals surface area contributed by atoms with Crippen LogP contribution in [-0.2, 0) is 4.74 Å². The van der Waals surface area contributed by atoms with Gasteiger partial charge < -0.3 is 10.1 Å². The van der Waals surface area contributed by atoms with Crippen LogP contribution in [0.3, 0.4) is 0 Å². The number of hydrogen-bond donors (Lipinski definition) is 2. The molecule has 2 heterocycles. The number of nitrogens with zero attached hydrogens (tertiary/aromatic N) is 2. The van der Waals surface area contributed by atoms with Gasteiger partial charge in [0.05, 0.1) is 25.1 Å². The third kappa shape index (κ3) is 3.69. The molecule has 1 aliphatic rings. The minimum atomic E-state index is -0.499. The van der Waals surface area contributed by atoms with E-state index in [1.807, 2.05) is 37.3 Å². The molecule has 1 aliphatic heterocycles. The number of aromatic nitrogens is 2. The van der Waals surface area contributed by atoms with E-state index in [0.717, 1.165) is 18.7 Å². The van der Waals surface area contributed by atoms with Crippen molar-refractivity contribution in [1.29, 1.82) is 0 Å². The van der Waals surface area contributed by atoms with Crippen molar-refractivity contribution in [3.05, 3.63) is 52.3 Å². The predicted octanol–water partition coefficient (Wildman–Crippen LogP) is 0.845. The molecule has 1 aromatic heterocycles. The Kier molecular flexibility index (Phi) is 5.02. The first kappa shape index (κ1) is 16.4. The summed E-state index contributed by atoms with van der Waals surface area (Å²) in [5.41, 5.74) is 0.953. The van der Waals surface area contributed by atoms with Gasteiger partial charge in [0.1, 0.15) is 5.56 Å². The van der Waals surface area contributed by atoms with Crippen molar-refractivity contribution in [2.45, 2.75) is 13.1 Å². The molecule has 126 valence electrons. The minimum absolute atomic E-state index is 0.0592. The number of carbonyl (C=O) groups is 1. The molecule has 1 unspecified atom stereocenters. The first-order valence-electron chi connectivity index (χ1n) is 7.93. The van der Waals surface area contributed by atoms with E-state index in [-0.39, 0.29) is 11.7 Å². The second kappa shape index (κ2) is 7.37. The topological polar surface area (TPSA) is 87.3 Å². The normalized spacial score (nSPS) is 16.5. The van der Waals surface area contributed by atoms with Gasteiger partial charge in [-0.1, -0.05) is 30.3 Å². The van der Waals surface area contributed by atoms with Crippen molar-refractivity contribution in [3.8, 4) is 11.3 Å². The fourth-order valence-electron chi connectivity index (χ4n) is 2.65. The van der Waals surface area contributed by atoms with Crippen LogP contribution in [0.15, 0.2) is 41.2 Å². The minimum Gasteiger partial charge on any atom is -0.379 e. The molecule has 0 saturated carbocycles. The number of rotatable bonds is 4. The summed E-state index contributed by atoms with van der Waals surface area (Å²) in [5.74, 6) is -0.408. The average molecular weight is 328 g/mol. The summed E-state index contributed by atoms with van der Waals surface area (Å²) < 4.78 is 5.31. The van der Waals surface area contributed by atoms with Crippen LogP contribution in [-0.4, -0.2) is 53.5 Å². The number of H-pyrrole nitrogens is 1. The number of aromatic amines is 1. The molecule has 1 saturated heterocycles. The predicted molar refractivity (Wildman–Crippen MR) is 89.6 cm³/mol. The lowest BCUT2D eigenvalue weighted by Gasteiger charge is -2.32. The molecule has 0 spiro atoms. The summed E-state index contributed by atoms with van der Waals surface area (Å²) in [6.07, 6.45) is -0.172. The second-order valence-electron chi connectivity index (χ2n) is 5.66. The molecule has 24 heavy (non-hydrogen) atoms. The molecule has 7 heteroatoms. The molecule has 2 aromatic rings. The summed E-state index contributed by atoms with van der Waals surface area (Å²) >= 11 is 0. The molecule has 1 amide bonds. The Bertz CT molecular complexity index is 754. The Hall–Kier alpha value is -2.51. The average Bonchev–Trinajstić information content (AvgIpc) is 2.63. The smallest absolute Gasteiger partial charge is 0.277 e. The van der Waals surface area contributed by atoms with Gasteiger partial charge in [-0.25, -0.2) is 5.10 Å². The summed E-state index contributed by atoms with van der Waals surface area (Å²) in [6, 6.07) is 10.9. The summed E-state index contributed by atoms with van der Waals surface area (Å²) in [5, 5.41) is 9.29. The Morgan fingerprint density at radius 2 is 2.00 bits per heavy atom. The molecule has 3 rings (SSSR count). The monoisotopic (exact) mass is 328 g/mol. The van der Waals surface area contributed by atoms with Gasteiger partial charge in [-0.3, -0.25) is 14.5 Å². The lowest BCUT2D eigenvalue weighted by molar-refractivity contribution is 0.0133. The van der Waals surface area contributed by atoms with Crippen LogP contribution < -0.4 is 10.9 Å². The highest BCUT2D eigenvalue weighted by molar-refractivity contribution is 5.94. The van der Waals surface area contributed by atoms with Gasteiger partial charge in [-0.2, -0.15) is 5.10 Å². The zero-order valence-corrected chi connectivity index (χ0v) is 13.5. The van der Waals surface area contributed by atoms with Crippen molar-refractivity contribution in [3.63, 3.8) is 0 Å². The highest BCUT2D eigenvalue weighted by Gasteiger charge is 2.21. The van der Waals surface area contributed by atoms with Crippen molar-refractivity contribution < 1.29 is 9.53 Å². The highest BCUT2D eigenvalue weighted by Crippen LogP contribution is 2.15. The Morgan fingerprint density at radius 3 is 2.71 bits per heavy atom. The molecule has 1 aromatic carbocycles. The molecule has 1 fully saturated rings. The number of ether oxygens (including phenoxy) is 1. The molecule has 1 atom stereocenters. The van der Waals surface area contributed by atoms with Crippen LogP contribution in [0.4, 0.5) is 0 Å². The lowest BCUT2D eigenvalue weighted by atomic mass is 10.1. The standard InChI is InChI=1S/C17H20N4O3/c1-12(21-7-9-24-10-8-21)18-16(22)14-11-15(19-20-17(14)23)13-5-3-2-4-6-13/h2-6,11-12H,7-10H2,1H3,(H,18,22)(H,20,23). The van der Waals surface area contributed by atoms with Crippen LogP contribution in [0, 0.1) is 0 Å². The van der Waals surface area contributed by atoms with Crippen molar-refractivity contribution >= 4 is 5.91 Å². The van der Waals surface area contributed by atoms with E-state index >= 15 is 0 Å². The van der Waals surface area contributed by atoms with E-state index < -0.39 is 11.5 Å². The molecular formula is C17H20N4O3. The SMILES string of the molecule is CC(NC(=O)c1cc(-c2ccccc2)n[nH]c1=O)N1CCOCC1. The maximum atomic E-state index is 12.5. The molecular weight excluding hydrogens is 308 g/mol. The van der Waals surface area contributed by atoms with Crippen LogP contribution in [0.1, 0.15) is 17.3 Å². The number of morpholine rings is 1. The Labute approximate surface area is 139 Å². The van der Waals surface area contributed by atoms with E-state index in [1.54, 1.807) is 0 Å². The van der Waals surface area contributed by atoms with E-state index in [1.165, 1.54) is 6.07 Å². The Balaban J connectivity index is 1.78. The van der Waals surface area contributed by atoms with Gasteiger partial charge in [-0.05, 0) is 13.0 Å². The van der Waals surface area contributed by atoms with Gasteiger partial charge in [0.2, 0.25) is 0 Å². The van der Waals surface area contributed by atoms with Gasteiger partial charge in [0, 0.05) is 18.7 Å². The summed E-state index contributed by atoms with van der Waals surface area (Å²) in [7, 11) is 0. The van der Waals surface area contributed by atoms with Crippen molar-refractivity contribution in [2.24, 2.45) is 0 Å². The molecule has 0 bridgehead atoms. The van der Waals surface area contributed by atoms with Gasteiger partial charge >= 0.3 is 0 Å². The maximum absolute atomic E-state index is 12.5. The number of carbonyl (C=O) groups excluding carboxylic acids is 1. The van der Waals surface area contributed by atoms with Gasteiger partial charge in [-0.15, -0.1) is 0 Å². The Morgan fingerprint density at radius 1 is 1.29 bits per heavy atom. The maximum Gasteiger partial charge on any atom is 0.277 e. The van der Waals surface area contributed by atoms with E-state index in [0.29, 0.717) is 18.9 Å². The van der Waals surface area contributed by atoms with E-state index in [4.69, 9.17) is 4.74 Å². The highest BCUT2D eigenvalue weighted by atomic mass is 16.5. The molecule has 0 radical (unpaired) electrons. The first-order valence-corrected chi connectivity index (χ1v) is 7.93. The van der Waals surface area contributed by atoms with Crippen LogP contribution in [0.25, 0.3) is 11.3 Å². The molecule has 0 aliphatic carbocycles. The van der Waals surface area contributed by atoms with E-state index in [9.17, 15) is 9.59 Å². The third-order valence-corrected chi connectivity index (χ3v) is 4.05. The number of hydrogen-bond acceptors (Lipinski definition) is 5. The zero-order valence-electron chi connectivity index (χ0n) is 13.5. The summed E-state index contributed by atoms with van der Waals surface area (Å²) in [6.45, 7) is 4.70.